The highest BCUT2D eigenvalue weighted by molar-refractivity contribution is 5.86. The van der Waals surface area contributed by atoms with E-state index in [1.807, 2.05) is 6.20 Å². The molecule has 1 N–H and O–H groups in total. The van der Waals surface area contributed by atoms with Gasteiger partial charge >= 0.3 is 0 Å². The first-order valence-electron chi connectivity index (χ1n) is 8.47. The minimum Gasteiger partial charge on any atom is -0.361 e. The van der Waals surface area contributed by atoms with Crippen LogP contribution in [-0.2, 0) is 6.54 Å². The second-order valence-corrected chi connectivity index (χ2v) is 6.52. The first kappa shape index (κ1) is 15.0. The topological polar surface area (TPSA) is 19.0 Å². The zero-order valence-electron chi connectivity index (χ0n) is 14.2. The minimum absolute atomic E-state index is 0.352. The van der Waals surface area contributed by atoms with Gasteiger partial charge in [0.05, 0.1) is 0 Å². The Morgan fingerprint density at radius 1 is 0.875 bits per heavy atom. The van der Waals surface area contributed by atoms with E-state index in [-0.39, 0.29) is 0 Å². The van der Waals surface area contributed by atoms with Crippen LogP contribution in [0.5, 0.6) is 0 Å². The molecule has 1 heterocycles. The number of aromatic nitrogens is 1. The normalized spacial score (nSPS) is 13.0. The van der Waals surface area contributed by atoms with Crippen molar-refractivity contribution in [3.8, 4) is 0 Å². The zero-order valence-corrected chi connectivity index (χ0v) is 14.2. The fraction of sp³-hybridized carbons (Fsp3) is 0.182. The molecule has 0 radical (unpaired) electrons. The molecule has 0 aliphatic carbocycles. The number of hydrogen-bond acceptors (Lipinski definition) is 1. The number of hydrogen-bond donors (Lipinski definition) is 1. The highest BCUT2D eigenvalue weighted by atomic mass is 15.1. The third kappa shape index (κ3) is 2.59. The summed E-state index contributed by atoms with van der Waals surface area (Å²) in [5.41, 5.74) is 3.96. The number of nitrogens with zero attached hydrogens (tertiary/aromatic N) is 1. The van der Waals surface area contributed by atoms with E-state index in [0.717, 1.165) is 6.54 Å². The van der Waals surface area contributed by atoms with Crippen molar-refractivity contribution < 1.29 is 0 Å². The molecular weight excluding hydrogens is 292 g/mol. The maximum Gasteiger partial charge on any atom is 0.0457 e. The molecular formula is C22H22N2. The van der Waals surface area contributed by atoms with E-state index in [4.69, 9.17) is 0 Å². The van der Waals surface area contributed by atoms with Gasteiger partial charge in [0, 0.05) is 29.7 Å². The molecule has 0 fully saturated rings. The first-order chi connectivity index (χ1) is 11.7. The zero-order chi connectivity index (χ0) is 16.5. The molecule has 24 heavy (non-hydrogen) atoms. The lowest BCUT2D eigenvalue weighted by Crippen LogP contribution is -2.22. The van der Waals surface area contributed by atoms with Gasteiger partial charge in [-0.2, -0.15) is 0 Å². The van der Waals surface area contributed by atoms with E-state index in [9.17, 15) is 0 Å². The molecule has 0 aliphatic heterocycles. The lowest BCUT2D eigenvalue weighted by atomic mass is 9.98. The summed E-state index contributed by atoms with van der Waals surface area (Å²) in [5.74, 6) is 0. The van der Waals surface area contributed by atoms with Crippen molar-refractivity contribution in [1.29, 1.82) is 0 Å². The highest BCUT2D eigenvalue weighted by Crippen LogP contribution is 2.29. The van der Waals surface area contributed by atoms with Gasteiger partial charge in [0.1, 0.15) is 0 Å². The summed E-state index contributed by atoms with van der Waals surface area (Å²) in [6.45, 7) is 3.22. The molecule has 3 aromatic carbocycles. The Labute approximate surface area is 142 Å². The molecule has 0 saturated carbocycles. The quantitative estimate of drug-likeness (QED) is 0.526. The van der Waals surface area contributed by atoms with Crippen molar-refractivity contribution in [2.75, 3.05) is 7.05 Å². The van der Waals surface area contributed by atoms with Crippen LogP contribution < -0.4 is 0 Å². The molecule has 0 aliphatic rings. The van der Waals surface area contributed by atoms with Crippen molar-refractivity contribution in [3.05, 3.63) is 84.1 Å². The molecule has 2 heteroatoms. The molecule has 4 rings (SSSR count). The van der Waals surface area contributed by atoms with Gasteiger partial charge in [-0.25, -0.2) is 0 Å². The largest absolute Gasteiger partial charge is 0.361 e. The van der Waals surface area contributed by atoms with Crippen LogP contribution in [0, 0.1) is 0 Å². The monoisotopic (exact) mass is 314 g/mol. The third-order valence-electron chi connectivity index (χ3n) is 5.04. The maximum absolute atomic E-state index is 3.30. The van der Waals surface area contributed by atoms with Gasteiger partial charge in [-0.05, 0) is 48.0 Å². The van der Waals surface area contributed by atoms with Gasteiger partial charge in [-0.15, -0.1) is 0 Å². The van der Waals surface area contributed by atoms with Gasteiger partial charge in [0.15, 0.2) is 0 Å². The molecule has 2 nitrogen and oxygen atoms in total. The van der Waals surface area contributed by atoms with E-state index in [0.29, 0.717) is 6.04 Å². The van der Waals surface area contributed by atoms with Crippen LogP contribution in [0.3, 0.4) is 0 Å². The Kier molecular flexibility index (Phi) is 3.83. The van der Waals surface area contributed by atoms with Gasteiger partial charge in [0.2, 0.25) is 0 Å². The Hall–Kier alpha value is -2.58. The van der Waals surface area contributed by atoms with Crippen molar-refractivity contribution in [2.24, 2.45) is 0 Å². The van der Waals surface area contributed by atoms with Crippen molar-refractivity contribution in [1.82, 2.24) is 9.88 Å². The van der Waals surface area contributed by atoms with E-state index in [1.165, 1.54) is 32.8 Å². The van der Waals surface area contributed by atoms with Crippen LogP contribution in [0.15, 0.2) is 72.9 Å². The second kappa shape index (κ2) is 6.14. The smallest absolute Gasteiger partial charge is 0.0457 e. The summed E-state index contributed by atoms with van der Waals surface area (Å²) in [5, 5.41) is 3.97. The molecule has 1 atom stereocenters. The molecule has 120 valence electrons. The van der Waals surface area contributed by atoms with Gasteiger partial charge in [-0.3, -0.25) is 4.90 Å². The summed E-state index contributed by atoms with van der Waals surface area (Å²) >= 11 is 0. The summed E-state index contributed by atoms with van der Waals surface area (Å²) in [4.78, 5) is 5.72. The molecule has 4 aromatic rings. The molecule has 0 bridgehead atoms. The lowest BCUT2D eigenvalue weighted by molar-refractivity contribution is 0.255. The molecule has 0 unspecified atom stereocenters. The fourth-order valence-electron chi connectivity index (χ4n) is 3.55. The molecule has 0 amide bonds. The molecule has 1 aromatic heterocycles. The average Bonchev–Trinajstić information content (AvgIpc) is 3.10. The van der Waals surface area contributed by atoms with E-state index in [1.54, 1.807) is 0 Å². The number of benzene rings is 3. The predicted octanol–water partition coefficient (Wildman–Crippen LogP) is 5.51. The Bertz CT molecular complexity index is 978. The summed E-state index contributed by atoms with van der Waals surface area (Å²) in [7, 11) is 2.21. The summed E-state index contributed by atoms with van der Waals surface area (Å²) in [6, 6.07) is 24.2. The lowest BCUT2D eigenvalue weighted by Gasteiger charge is -2.26. The average molecular weight is 314 g/mol. The van der Waals surface area contributed by atoms with Crippen LogP contribution in [0.2, 0.25) is 0 Å². The van der Waals surface area contributed by atoms with Crippen molar-refractivity contribution >= 4 is 21.7 Å². The Balaban J connectivity index is 1.66. The number of fused-ring (bicyclic) bond motifs is 2. The van der Waals surface area contributed by atoms with Crippen LogP contribution in [0.4, 0.5) is 0 Å². The SMILES string of the molecule is C[C@H](c1cccc2ccccc12)N(C)Cc1cccc2[nH]ccc12. The first-order valence-corrected chi connectivity index (χ1v) is 8.47. The van der Waals surface area contributed by atoms with Crippen molar-refractivity contribution in [2.45, 2.75) is 19.5 Å². The second-order valence-electron chi connectivity index (χ2n) is 6.52. The summed E-state index contributed by atoms with van der Waals surface area (Å²) < 4.78 is 0. The number of aromatic amines is 1. The Morgan fingerprint density at radius 3 is 2.58 bits per heavy atom. The van der Waals surface area contributed by atoms with Gasteiger partial charge < -0.3 is 4.98 Å². The maximum atomic E-state index is 3.30. The standard InChI is InChI=1S/C22H22N2/c1-16(19-11-5-8-17-7-3-4-10-20(17)19)24(2)15-18-9-6-12-22-21(18)13-14-23-22/h3-14,16,23H,15H2,1-2H3/t16-/m1/s1. The molecule has 0 saturated heterocycles. The number of rotatable bonds is 4. The third-order valence-corrected chi connectivity index (χ3v) is 5.04. The number of nitrogens with one attached hydrogen (secondary N) is 1. The number of H-pyrrole nitrogens is 1. The fourth-order valence-corrected chi connectivity index (χ4v) is 3.55. The van der Waals surface area contributed by atoms with Gasteiger partial charge in [0.25, 0.3) is 0 Å². The Morgan fingerprint density at radius 2 is 1.67 bits per heavy atom. The van der Waals surface area contributed by atoms with Crippen molar-refractivity contribution in [3.63, 3.8) is 0 Å². The van der Waals surface area contributed by atoms with Crippen LogP contribution in [0.25, 0.3) is 21.7 Å². The van der Waals surface area contributed by atoms with Crippen LogP contribution >= 0.6 is 0 Å². The van der Waals surface area contributed by atoms with E-state index < -0.39 is 0 Å². The van der Waals surface area contributed by atoms with Gasteiger partial charge in [-0.1, -0.05) is 54.6 Å². The predicted molar refractivity (Wildman–Crippen MR) is 102 cm³/mol. The van der Waals surface area contributed by atoms with Crippen LogP contribution in [-0.4, -0.2) is 16.9 Å². The summed E-state index contributed by atoms with van der Waals surface area (Å²) in [6.07, 6.45) is 2.02. The van der Waals surface area contributed by atoms with E-state index >= 15 is 0 Å². The minimum atomic E-state index is 0.352. The highest BCUT2D eigenvalue weighted by Gasteiger charge is 2.15. The van der Waals surface area contributed by atoms with E-state index in [2.05, 4.69) is 90.6 Å². The van der Waals surface area contributed by atoms with Crippen LogP contribution in [0.1, 0.15) is 24.1 Å². The molecule has 0 spiro atoms.